The van der Waals surface area contributed by atoms with Crippen LogP contribution in [0.25, 0.3) is 10.6 Å². The molecule has 0 spiro atoms. The summed E-state index contributed by atoms with van der Waals surface area (Å²) >= 11 is 5.02. The number of nitrogens with zero attached hydrogens (tertiary/aromatic N) is 1. The van der Waals surface area contributed by atoms with Crippen molar-refractivity contribution >= 4 is 40.3 Å². The Hall–Kier alpha value is -2.41. The highest BCUT2D eigenvalue weighted by atomic mass is 32.2. The maximum absolute atomic E-state index is 12.7. The molecule has 0 radical (unpaired) electrons. The molecule has 0 aliphatic heterocycles. The molecule has 28 heavy (non-hydrogen) atoms. The average Bonchev–Trinajstić information content (AvgIpc) is 3.43. The van der Waals surface area contributed by atoms with Crippen molar-refractivity contribution in [3.63, 3.8) is 0 Å². The lowest BCUT2D eigenvalue weighted by Gasteiger charge is -2.09. The predicted octanol–water partition coefficient (Wildman–Crippen LogP) is 6.09. The van der Waals surface area contributed by atoms with Crippen LogP contribution in [0.4, 0.5) is 0 Å². The van der Waals surface area contributed by atoms with Crippen molar-refractivity contribution in [3.05, 3.63) is 93.6 Å². The second-order valence-corrected chi connectivity index (χ2v) is 8.96. The first-order chi connectivity index (χ1) is 13.8. The van der Waals surface area contributed by atoms with Gasteiger partial charge in [-0.05, 0) is 23.6 Å². The van der Waals surface area contributed by atoms with Gasteiger partial charge in [0.15, 0.2) is 0 Å². The van der Waals surface area contributed by atoms with E-state index >= 15 is 0 Å². The molecule has 0 saturated heterocycles. The number of thioether (sulfide) groups is 1. The third-order valence-corrected chi connectivity index (χ3v) is 7.21. The van der Waals surface area contributed by atoms with E-state index in [4.69, 9.17) is 0 Å². The summed E-state index contributed by atoms with van der Waals surface area (Å²) < 4.78 is 0. The third kappa shape index (κ3) is 4.70. The Morgan fingerprint density at radius 3 is 2.61 bits per heavy atom. The number of hydrogen-bond acceptors (Lipinski definition) is 5. The zero-order chi connectivity index (χ0) is 19.2. The molecule has 2 aromatic carbocycles. The monoisotopic (exact) mass is 422 g/mol. The van der Waals surface area contributed by atoms with E-state index in [9.17, 15) is 4.79 Å². The second kappa shape index (κ2) is 9.19. The van der Waals surface area contributed by atoms with Gasteiger partial charge in [-0.15, -0.1) is 34.4 Å². The average molecular weight is 423 g/mol. The number of thiazole rings is 1. The fourth-order valence-corrected chi connectivity index (χ4v) is 5.34. The highest BCUT2D eigenvalue weighted by Crippen LogP contribution is 2.28. The Morgan fingerprint density at radius 1 is 0.964 bits per heavy atom. The molecule has 4 rings (SSSR count). The molecule has 1 N–H and O–H groups in total. The number of hydrogen-bond donors (Lipinski definition) is 1. The van der Waals surface area contributed by atoms with Crippen LogP contribution in [0.2, 0.25) is 0 Å². The van der Waals surface area contributed by atoms with Crippen molar-refractivity contribution in [2.45, 2.75) is 17.2 Å². The summed E-state index contributed by atoms with van der Waals surface area (Å²) in [6, 6.07) is 22.0. The highest BCUT2D eigenvalue weighted by molar-refractivity contribution is 7.98. The van der Waals surface area contributed by atoms with E-state index in [0.717, 1.165) is 26.9 Å². The van der Waals surface area contributed by atoms with Crippen LogP contribution in [-0.2, 0) is 12.3 Å². The number of aromatic nitrogens is 1. The Bertz CT molecular complexity index is 1040. The topological polar surface area (TPSA) is 42.0 Å². The quantitative estimate of drug-likeness (QED) is 0.366. The van der Waals surface area contributed by atoms with Crippen molar-refractivity contribution < 1.29 is 4.79 Å². The Kier molecular flexibility index (Phi) is 6.21. The molecule has 2 heterocycles. The fourth-order valence-electron chi connectivity index (χ4n) is 2.69. The molecule has 0 aliphatic rings. The molecule has 6 heteroatoms. The lowest BCUT2D eigenvalue weighted by Crippen LogP contribution is -2.23. The summed E-state index contributed by atoms with van der Waals surface area (Å²) in [6.45, 7) is 0.423. The normalized spacial score (nSPS) is 10.7. The molecule has 140 valence electrons. The van der Waals surface area contributed by atoms with Gasteiger partial charge >= 0.3 is 0 Å². The van der Waals surface area contributed by atoms with Gasteiger partial charge in [-0.2, -0.15) is 0 Å². The van der Waals surface area contributed by atoms with Gasteiger partial charge in [-0.25, -0.2) is 4.98 Å². The zero-order valence-electron chi connectivity index (χ0n) is 15.0. The van der Waals surface area contributed by atoms with E-state index in [-0.39, 0.29) is 5.91 Å². The number of carbonyl (C=O) groups excluding carboxylic acids is 1. The van der Waals surface area contributed by atoms with Crippen LogP contribution in [0.5, 0.6) is 0 Å². The van der Waals surface area contributed by atoms with Gasteiger partial charge < -0.3 is 5.32 Å². The SMILES string of the molecule is O=C(NCc1csc(-c2ccccc2)n1)c1ccccc1SCc1cccs1. The largest absolute Gasteiger partial charge is 0.346 e. The zero-order valence-corrected chi connectivity index (χ0v) is 17.4. The van der Waals surface area contributed by atoms with Crippen LogP contribution in [0.15, 0.2) is 82.4 Å². The lowest BCUT2D eigenvalue weighted by atomic mass is 10.2. The number of rotatable bonds is 7. The number of amides is 1. The van der Waals surface area contributed by atoms with Gasteiger partial charge in [-0.1, -0.05) is 48.5 Å². The first-order valence-corrected chi connectivity index (χ1v) is 11.6. The van der Waals surface area contributed by atoms with Gasteiger partial charge in [0.25, 0.3) is 5.91 Å². The third-order valence-electron chi connectivity index (χ3n) is 4.08. The Morgan fingerprint density at radius 2 is 1.79 bits per heavy atom. The van der Waals surface area contributed by atoms with Crippen molar-refractivity contribution in [2.24, 2.45) is 0 Å². The molecular weight excluding hydrogens is 404 g/mol. The van der Waals surface area contributed by atoms with E-state index in [2.05, 4.69) is 27.8 Å². The summed E-state index contributed by atoms with van der Waals surface area (Å²) in [5.74, 6) is 0.803. The van der Waals surface area contributed by atoms with Gasteiger partial charge in [0.1, 0.15) is 5.01 Å². The molecule has 2 aromatic heterocycles. The molecule has 3 nitrogen and oxygen atoms in total. The van der Waals surface area contributed by atoms with Crippen LogP contribution in [0, 0.1) is 0 Å². The van der Waals surface area contributed by atoms with Crippen molar-refractivity contribution in [1.82, 2.24) is 10.3 Å². The summed E-state index contributed by atoms with van der Waals surface area (Å²) in [7, 11) is 0. The minimum atomic E-state index is -0.0662. The van der Waals surface area contributed by atoms with Gasteiger partial charge in [0.2, 0.25) is 0 Å². The summed E-state index contributed by atoms with van der Waals surface area (Å²) in [5, 5.41) is 8.05. The van der Waals surface area contributed by atoms with Crippen molar-refractivity contribution in [3.8, 4) is 10.6 Å². The summed E-state index contributed by atoms with van der Waals surface area (Å²) in [6.07, 6.45) is 0. The fraction of sp³-hybridized carbons (Fsp3) is 0.0909. The molecule has 0 atom stereocenters. The molecule has 0 unspecified atom stereocenters. The number of nitrogens with one attached hydrogen (secondary N) is 1. The van der Waals surface area contributed by atoms with Crippen LogP contribution in [-0.4, -0.2) is 10.9 Å². The molecule has 0 fully saturated rings. The molecule has 4 aromatic rings. The Balaban J connectivity index is 1.40. The first kappa shape index (κ1) is 18.9. The number of carbonyl (C=O) groups is 1. The van der Waals surface area contributed by atoms with Crippen LogP contribution >= 0.6 is 34.4 Å². The van der Waals surface area contributed by atoms with E-state index in [0.29, 0.717) is 12.1 Å². The van der Waals surface area contributed by atoms with Gasteiger partial charge in [-0.3, -0.25) is 4.79 Å². The predicted molar refractivity (Wildman–Crippen MR) is 119 cm³/mol. The molecule has 0 aliphatic carbocycles. The smallest absolute Gasteiger partial charge is 0.252 e. The molecule has 0 saturated carbocycles. The van der Waals surface area contributed by atoms with E-state index in [1.54, 1.807) is 34.4 Å². The molecular formula is C22H18N2OS3. The lowest BCUT2D eigenvalue weighted by molar-refractivity contribution is 0.0947. The van der Waals surface area contributed by atoms with E-state index in [1.165, 1.54) is 4.88 Å². The van der Waals surface area contributed by atoms with E-state index < -0.39 is 0 Å². The van der Waals surface area contributed by atoms with Crippen molar-refractivity contribution in [2.75, 3.05) is 0 Å². The summed E-state index contributed by atoms with van der Waals surface area (Å²) in [4.78, 5) is 19.7. The summed E-state index contributed by atoms with van der Waals surface area (Å²) in [5.41, 5.74) is 2.68. The molecule has 1 amide bonds. The first-order valence-electron chi connectivity index (χ1n) is 8.82. The minimum absolute atomic E-state index is 0.0662. The highest BCUT2D eigenvalue weighted by Gasteiger charge is 2.12. The second-order valence-electron chi connectivity index (χ2n) is 6.06. The van der Waals surface area contributed by atoms with Gasteiger partial charge in [0.05, 0.1) is 17.8 Å². The van der Waals surface area contributed by atoms with Crippen molar-refractivity contribution in [1.29, 1.82) is 0 Å². The van der Waals surface area contributed by atoms with Crippen LogP contribution in [0.1, 0.15) is 20.9 Å². The molecule has 0 bridgehead atoms. The standard InChI is InChI=1S/C22H18N2OS3/c25-21(19-10-4-5-11-20(19)27-15-18-9-6-12-26-18)23-13-17-14-28-22(24-17)16-7-2-1-3-8-16/h1-12,14H,13,15H2,(H,23,25). The van der Waals surface area contributed by atoms with Crippen LogP contribution < -0.4 is 5.32 Å². The Labute approximate surface area is 176 Å². The maximum atomic E-state index is 12.7. The number of thiophene rings is 1. The minimum Gasteiger partial charge on any atom is -0.346 e. The van der Waals surface area contributed by atoms with Gasteiger partial charge in [0, 0.05) is 26.5 Å². The van der Waals surface area contributed by atoms with Crippen LogP contribution in [0.3, 0.4) is 0 Å². The number of benzene rings is 2. The maximum Gasteiger partial charge on any atom is 0.252 e. The van der Waals surface area contributed by atoms with E-state index in [1.807, 2.05) is 60.0 Å².